The van der Waals surface area contributed by atoms with Crippen LogP contribution in [0.1, 0.15) is 17.4 Å². The summed E-state index contributed by atoms with van der Waals surface area (Å²) in [6.07, 6.45) is 5.75. The van der Waals surface area contributed by atoms with Crippen LogP contribution in [0.15, 0.2) is 64.4 Å². The second-order valence-electron chi connectivity index (χ2n) is 4.90. The van der Waals surface area contributed by atoms with Gasteiger partial charge in [-0.1, -0.05) is 42.1 Å². The zero-order chi connectivity index (χ0) is 14.9. The molecule has 0 fully saturated rings. The van der Waals surface area contributed by atoms with Gasteiger partial charge in [-0.05, 0) is 30.0 Å². The topological polar surface area (TPSA) is 55.9 Å². The van der Waals surface area contributed by atoms with Gasteiger partial charge in [-0.25, -0.2) is 4.68 Å². The lowest BCUT2D eigenvalue weighted by Crippen LogP contribution is -2.20. The SMILES string of the molecule is CSc1nc2n(n1)[C@@H](c1ccccc1)C=C(c1ccco1)N2. The third kappa shape index (κ3) is 2.21. The van der Waals surface area contributed by atoms with Crippen LogP contribution >= 0.6 is 11.8 Å². The summed E-state index contributed by atoms with van der Waals surface area (Å²) in [7, 11) is 0. The predicted molar refractivity (Wildman–Crippen MR) is 86.7 cm³/mol. The van der Waals surface area contributed by atoms with Crippen LogP contribution in [-0.2, 0) is 0 Å². The standard InChI is InChI=1S/C16H14N4OS/c1-22-16-18-15-17-12(14-8-5-9-21-14)10-13(20(15)19-16)11-6-3-2-4-7-11/h2-10,13H,1H3,(H,17,18,19)/t13-/m1/s1. The van der Waals surface area contributed by atoms with Crippen molar-refractivity contribution in [2.24, 2.45) is 0 Å². The van der Waals surface area contributed by atoms with Crippen LogP contribution in [0.5, 0.6) is 0 Å². The van der Waals surface area contributed by atoms with Crippen molar-refractivity contribution in [1.29, 1.82) is 0 Å². The molecule has 3 heterocycles. The Bertz CT molecular complexity index is 808. The van der Waals surface area contributed by atoms with Crippen LogP contribution in [0.3, 0.4) is 0 Å². The smallest absolute Gasteiger partial charge is 0.227 e. The Morgan fingerprint density at radius 2 is 2.05 bits per heavy atom. The number of benzene rings is 1. The van der Waals surface area contributed by atoms with E-state index in [4.69, 9.17) is 4.42 Å². The molecular formula is C16H14N4OS. The fourth-order valence-corrected chi connectivity index (χ4v) is 2.87. The number of thioether (sulfide) groups is 1. The van der Waals surface area contributed by atoms with Gasteiger partial charge in [-0.3, -0.25) is 0 Å². The summed E-state index contributed by atoms with van der Waals surface area (Å²) in [6, 6.07) is 14.1. The van der Waals surface area contributed by atoms with Crippen LogP contribution < -0.4 is 5.32 Å². The van der Waals surface area contributed by atoms with Gasteiger partial charge in [0.2, 0.25) is 11.1 Å². The van der Waals surface area contributed by atoms with Crippen molar-refractivity contribution in [1.82, 2.24) is 14.8 Å². The molecule has 0 bridgehead atoms. The van der Waals surface area contributed by atoms with Crippen molar-refractivity contribution in [3.05, 3.63) is 66.1 Å². The highest BCUT2D eigenvalue weighted by atomic mass is 32.2. The van der Waals surface area contributed by atoms with E-state index in [9.17, 15) is 0 Å². The number of nitrogens with zero attached hydrogens (tertiary/aromatic N) is 3. The molecule has 1 aromatic carbocycles. The Hall–Kier alpha value is -2.47. The van der Waals surface area contributed by atoms with E-state index in [2.05, 4.69) is 33.6 Å². The zero-order valence-electron chi connectivity index (χ0n) is 11.9. The molecule has 0 amide bonds. The van der Waals surface area contributed by atoms with Gasteiger partial charge < -0.3 is 9.73 Å². The Balaban J connectivity index is 1.84. The maximum atomic E-state index is 5.51. The molecule has 0 spiro atoms. The number of aromatic nitrogens is 3. The highest BCUT2D eigenvalue weighted by Gasteiger charge is 2.25. The molecule has 0 unspecified atom stereocenters. The summed E-state index contributed by atoms with van der Waals surface area (Å²) >= 11 is 1.53. The molecule has 3 aromatic rings. The van der Waals surface area contributed by atoms with Gasteiger partial charge in [-0.2, -0.15) is 4.98 Å². The minimum absolute atomic E-state index is 0.00838. The molecule has 6 heteroatoms. The average Bonchev–Trinajstić information content (AvgIpc) is 3.23. The maximum Gasteiger partial charge on any atom is 0.227 e. The summed E-state index contributed by atoms with van der Waals surface area (Å²) < 4.78 is 7.42. The summed E-state index contributed by atoms with van der Waals surface area (Å²) in [6.45, 7) is 0. The Labute approximate surface area is 132 Å². The largest absolute Gasteiger partial charge is 0.463 e. The van der Waals surface area contributed by atoms with Crippen LogP contribution in [0.2, 0.25) is 0 Å². The van der Waals surface area contributed by atoms with Crippen LogP contribution in [0.4, 0.5) is 5.95 Å². The third-order valence-corrected chi connectivity index (χ3v) is 4.09. The number of furan rings is 1. The Kier molecular flexibility index (Phi) is 3.23. The second-order valence-corrected chi connectivity index (χ2v) is 5.68. The average molecular weight is 310 g/mol. The molecule has 1 atom stereocenters. The lowest BCUT2D eigenvalue weighted by Gasteiger charge is -2.23. The van der Waals surface area contributed by atoms with Crippen LogP contribution in [0.25, 0.3) is 5.70 Å². The van der Waals surface area contributed by atoms with Gasteiger partial charge >= 0.3 is 0 Å². The van der Waals surface area contributed by atoms with E-state index in [0.717, 1.165) is 28.1 Å². The van der Waals surface area contributed by atoms with Gasteiger partial charge in [0.25, 0.3) is 0 Å². The summed E-state index contributed by atoms with van der Waals surface area (Å²) in [5.41, 5.74) is 2.07. The second kappa shape index (κ2) is 5.38. The number of fused-ring (bicyclic) bond motifs is 1. The van der Waals surface area contributed by atoms with E-state index in [1.165, 1.54) is 11.8 Å². The number of hydrogen-bond donors (Lipinski definition) is 1. The first-order chi connectivity index (χ1) is 10.8. The first-order valence-electron chi connectivity index (χ1n) is 6.93. The summed E-state index contributed by atoms with van der Waals surface area (Å²) in [5.74, 6) is 1.52. The monoisotopic (exact) mass is 310 g/mol. The van der Waals surface area contributed by atoms with Gasteiger partial charge in [0.15, 0.2) is 0 Å². The molecule has 2 aromatic heterocycles. The third-order valence-electron chi connectivity index (χ3n) is 3.56. The molecule has 5 nitrogen and oxygen atoms in total. The molecular weight excluding hydrogens is 296 g/mol. The minimum Gasteiger partial charge on any atom is -0.463 e. The first kappa shape index (κ1) is 13.2. The van der Waals surface area contributed by atoms with E-state index in [-0.39, 0.29) is 6.04 Å². The van der Waals surface area contributed by atoms with Gasteiger partial charge in [0, 0.05) is 0 Å². The van der Waals surface area contributed by atoms with E-state index in [1.54, 1.807) is 6.26 Å². The molecule has 1 aliphatic heterocycles. The van der Waals surface area contributed by atoms with Gasteiger partial charge in [0.1, 0.15) is 11.8 Å². The summed E-state index contributed by atoms with van der Waals surface area (Å²) in [4.78, 5) is 4.53. The van der Waals surface area contributed by atoms with E-state index in [1.807, 2.05) is 41.3 Å². The minimum atomic E-state index is -0.00838. The highest BCUT2D eigenvalue weighted by molar-refractivity contribution is 7.98. The molecule has 0 saturated carbocycles. The predicted octanol–water partition coefficient (Wildman–Crippen LogP) is 3.65. The van der Waals surface area contributed by atoms with Crippen molar-refractivity contribution >= 4 is 23.4 Å². The van der Waals surface area contributed by atoms with Crippen LogP contribution in [-0.4, -0.2) is 21.0 Å². The van der Waals surface area contributed by atoms with Crippen molar-refractivity contribution in [3.8, 4) is 0 Å². The molecule has 0 aliphatic carbocycles. The quantitative estimate of drug-likeness (QED) is 0.748. The summed E-state index contributed by atoms with van der Waals surface area (Å²) in [5, 5.41) is 8.62. The van der Waals surface area contributed by atoms with Crippen molar-refractivity contribution in [3.63, 3.8) is 0 Å². The van der Waals surface area contributed by atoms with Crippen molar-refractivity contribution in [2.75, 3.05) is 11.6 Å². The zero-order valence-corrected chi connectivity index (χ0v) is 12.7. The van der Waals surface area contributed by atoms with Crippen molar-refractivity contribution < 1.29 is 4.42 Å². The van der Waals surface area contributed by atoms with E-state index >= 15 is 0 Å². The molecule has 22 heavy (non-hydrogen) atoms. The molecule has 1 N–H and O–H groups in total. The fourth-order valence-electron chi connectivity index (χ4n) is 2.52. The lowest BCUT2D eigenvalue weighted by atomic mass is 10.0. The number of rotatable bonds is 3. The lowest BCUT2D eigenvalue weighted by molar-refractivity contribution is 0.546. The fraction of sp³-hybridized carbons (Fsp3) is 0.125. The van der Waals surface area contributed by atoms with Gasteiger partial charge in [0.05, 0.1) is 12.0 Å². The van der Waals surface area contributed by atoms with E-state index in [0.29, 0.717) is 0 Å². The number of anilines is 1. The first-order valence-corrected chi connectivity index (χ1v) is 8.16. The number of nitrogens with one attached hydrogen (secondary N) is 1. The Morgan fingerprint density at radius 1 is 1.18 bits per heavy atom. The maximum absolute atomic E-state index is 5.51. The van der Waals surface area contributed by atoms with Crippen molar-refractivity contribution in [2.45, 2.75) is 11.2 Å². The van der Waals surface area contributed by atoms with Gasteiger partial charge in [-0.15, -0.1) is 5.10 Å². The Morgan fingerprint density at radius 3 is 2.77 bits per heavy atom. The highest BCUT2D eigenvalue weighted by Crippen LogP contribution is 2.33. The molecule has 0 saturated heterocycles. The molecule has 1 aliphatic rings. The van der Waals surface area contributed by atoms with Crippen LogP contribution in [0, 0.1) is 0 Å². The molecule has 0 radical (unpaired) electrons. The normalized spacial score (nSPS) is 16.8. The molecule has 110 valence electrons. The van der Waals surface area contributed by atoms with E-state index < -0.39 is 0 Å². The number of allylic oxidation sites excluding steroid dienone is 1. The molecule has 4 rings (SSSR count). The number of hydrogen-bond acceptors (Lipinski definition) is 5.